The van der Waals surface area contributed by atoms with Crippen LogP contribution in [0.15, 0.2) is 0 Å². The van der Waals surface area contributed by atoms with Crippen molar-refractivity contribution >= 4 is 23.5 Å². The highest BCUT2D eigenvalue weighted by atomic mass is 32.2. The van der Waals surface area contributed by atoms with Crippen LogP contribution in [0, 0.1) is 0 Å². The Morgan fingerprint density at radius 2 is 2.27 bits per heavy atom. The van der Waals surface area contributed by atoms with E-state index in [0.29, 0.717) is 5.75 Å². The third-order valence-electron chi connectivity index (χ3n) is 1.45. The number of carboxylic acids is 1. The smallest absolute Gasteiger partial charge is 0.321 e. The minimum atomic E-state index is -0.888. The zero-order valence-corrected chi connectivity index (χ0v) is 6.85. The number of ketones is 1. The van der Waals surface area contributed by atoms with Crippen molar-refractivity contribution in [2.24, 2.45) is 0 Å². The summed E-state index contributed by atoms with van der Waals surface area (Å²) in [6.45, 7) is 1.45. The highest BCUT2D eigenvalue weighted by molar-refractivity contribution is 8.00. The Morgan fingerprint density at radius 1 is 1.64 bits per heavy atom. The molecule has 1 aliphatic heterocycles. The lowest BCUT2D eigenvalue weighted by Crippen LogP contribution is -2.39. The number of nitrogens with one attached hydrogen (secondary N) is 1. The average molecular weight is 175 g/mol. The van der Waals surface area contributed by atoms with Crippen LogP contribution in [0.4, 0.5) is 0 Å². The van der Waals surface area contributed by atoms with Crippen molar-refractivity contribution in [3.8, 4) is 0 Å². The summed E-state index contributed by atoms with van der Waals surface area (Å²) >= 11 is 1.35. The molecule has 1 aliphatic rings. The van der Waals surface area contributed by atoms with E-state index in [1.807, 2.05) is 0 Å². The molecule has 4 nitrogen and oxygen atoms in total. The number of carbonyl (C=O) groups excluding carboxylic acids is 1. The van der Waals surface area contributed by atoms with Crippen LogP contribution in [0.1, 0.15) is 6.92 Å². The lowest BCUT2D eigenvalue weighted by atomic mass is 10.3. The summed E-state index contributed by atoms with van der Waals surface area (Å²) in [5, 5.41) is 10.9. The van der Waals surface area contributed by atoms with Gasteiger partial charge in [0.15, 0.2) is 5.78 Å². The molecule has 0 aromatic carbocycles. The number of rotatable bonds is 2. The third-order valence-corrected chi connectivity index (χ3v) is 2.78. The van der Waals surface area contributed by atoms with Crippen LogP contribution in [-0.2, 0) is 9.59 Å². The molecular weight excluding hydrogens is 166 g/mol. The molecule has 5 heteroatoms. The van der Waals surface area contributed by atoms with Gasteiger partial charge >= 0.3 is 5.97 Å². The molecule has 1 fully saturated rings. The van der Waals surface area contributed by atoms with E-state index in [9.17, 15) is 9.59 Å². The SMILES string of the molecule is CC(=O)[C@@H]1NC(C(=O)O)CS1. The van der Waals surface area contributed by atoms with Gasteiger partial charge in [-0.1, -0.05) is 0 Å². The summed E-state index contributed by atoms with van der Waals surface area (Å²) < 4.78 is 0. The number of carbonyl (C=O) groups is 2. The van der Waals surface area contributed by atoms with E-state index in [1.165, 1.54) is 18.7 Å². The van der Waals surface area contributed by atoms with Crippen molar-refractivity contribution < 1.29 is 14.7 Å². The molecule has 0 amide bonds. The molecule has 1 heterocycles. The van der Waals surface area contributed by atoms with Crippen molar-refractivity contribution in [2.75, 3.05) is 5.75 Å². The van der Waals surface area contributed by atoms with Gasteiger partial charge in [-0.15, -0.1) is 11.8 Å². The highest BCUT2D eigenvalue weighted by Gasteiger charge is 2.31. The monoisotopic (exact) mass is 175 g/mol. The summed E-state index contributed by atoms with van der Waals surface area (Å²) in [4.78, 5) is 21.1. The van der Waals surface area contributed by atoms with E-state index in [4.69, 9.17) is 5.11 Å². The van der Waals surface area contributed by atoms with Gasteiger partial charge in [0, 0.05) is 5.75 Å². The first-order valence-electron chi connectivity index (χ1n) is 3.22. The van der Waals surface area contributed by atoms with Gasteiger partial charge in [-0.05, 0) is 6.92 Å². The quantitative estimate of drug-likeness (QED) is 0.602. The van der Waals surface area contributed by atoms with Gasteiger partial charge < -0.3 is 5.11 Å². The van der Waals surface area contributed by atoms with Crippen molar-refractivity contribution in [2.45, 2.75) is 18.3 Å². The molecule has 1 rings (SSSR count). The third kappa shape index (κ3) is 1.94. The van der Waals surface area contributed by atoms with Gasteiger partial charge in [0.05, 0.1) is 0 Å². The van der Waals surface area contributed by atoms with Gasteiger partial charge in [-0.3, -0.25) is 14.9 Å². The number of hydrogen-bond acceptors (Lipinski definition) is 4. The van der Waals surface area contributed by atoms with Crippen LogP contribution in [0.2, 0.25) is 0 Å². The van der Waals surface area contributed by atoms with Crippen molar-refractivity contribution in [3.05, 3.63) is 0 Å². The summed E-state index contributed by atoms with van der Waals surface area (Å²) in [5.41, 5.74) is 0. The largest absolute Gasteiger partial charge is 0.480 e. The zero-order chi connectivity index (χ0) is 8.43. The van der Waals surface area contributed by atoms with E-state index < -0.39 is 12.0 Å². The van der Waals surface area contributed by atoms with Gasteiger partial charge in [0.25, 0.3) is 0 Å². The fraction of sp³-hybridized carbons (Fsp3) is 0.667. The lowest BCUT2D eigenvalue weighted by molar-refractivity contribution is -0.138. The number of thioether (sulfide) groups is 1. The summed E-state index contributed by atoms with van der Waals surface area (Å²) in [6.07, 6.45) is 0. The van der Waals surface area contributed by atoms with Gasteiger partial charge in [0.2, 0.25) is 0 Å². The first kappa shape index (κ1) is 8.55. The van der Waals surface area contributed by atoms with Crippen molar-refractivity contribution in [3.63, 3.8) is 0 Å². The van der Waals surface area contributed by atoms with Crippen LogP contribution in [-0.4, -0.2) is 34.0 Å². The first-order valence-corrected chi connectivity index (χ1v) is 4.27. The Morgan fingerprint density at radius 3 is 2.55 bits per heavy atom. The molecule has 62 valence electrons. The number of carboxylic acid groups (broad SMARTS) is 1. The number of Topliss-reactive ketones (excluding diaryl/α,β-unsaturated/α-hetero) is 1. The maximum Gasteiger partial charge on any atom is 0.321 e. The van der Waals surface area contributed by atoms with E-state index in [2.05, 4.69) is 5.32 Å². The Bertz CT molecular complexity index is 174. The Balaban J connectivity index is 2.47. The first-order chi connectivity index (χ1) is 5.11. The summed E-state index contributed by atoms with van der Waals surface area (Å²) in [6, 6.07) is -0.561. The molecule has 2 atom stereocenters. The lowest BCUT2D eigenvalue weighted by Gasteiger charge is -2.05. The molecule has 2 N–H and O–H groups in total. The summed E-state index contributed by atoms with van der Waals surface area (Å²) in [5.74, 6) is -0.431. The maximum absolute atomic E-state index is 10.7. The van der Waals surface area contributed by atoms with Crippen molar-refractivity contribution in [1.29, 1.82) is 0 Å². The second-order valence-electron chi connectivity index (χ2n) is 2.38. The van der Waals surface area contributed by atoms with E-state index >= 15 is 0 Å². The van der Waals surface area contributed by atoms with E-state index in [-0.39, 0.29) is 11.2 Å². The molecule has 0 radical (unpaired) electrons. The van der Waals surface area contributed by atoms with Gasteiger partial charge in [-0.25, -0.2) is 0 Å². The summed E-state index contributed by atoms with van der Waals surface area (Å²) in [7, 11) is 0. The molecule has 0 aromatic rings. The van der Waals surface area contributed by atoms with E-state index in [1.54, 1.807) is 0 Å². The Labute approximate surface area is 68.3 Å². The van der Waals surface area contributed by atoms with Crippen LogP contribution >= 0.6 is 11.8 Å². The van der Waals surface area contributed by atoms with Crippen LogP contribution in [0.3, 0.4) is 0 Å². The fourth-order valence-corrected chi connectivity index (χ4v) is 1.97. The molecule has 0 aliphatic carbocycles. The standard InChI is InChI=1S/C6H9NO3S/c1-3(8)5-7-4(2-11-5)6(9)10/h4-5,7H,2H2,1H3,(H,9,10)/t4?,5-/m1/s1. The van der Waals surface area contributed by atoms with Crippen molar-refractivity contribution in [1.82, 2.24) is 5.32 Å². The molecule has 11 heavy (non-hydrogen) atoms. The molecule has 1 saturated heterocycles. The second-order valence-corrected chi connectivity index (χ2v) is 3.52. The maximum atomic E-state index is 10.7. The molecule has 0 spiro atoms. The normalized spacial score (nSPS) is 30.3. The molecule has 1 unspecified atom stereocenters. The molecule has 0 saturated carbocycles. The van der Waals surface area contributed by atoms with Gasteiger partial charge in [0.1, 0.15) is 11.4 Å². The zero-order valence-electron chi connectivity index (χ0n) is 6.03. The molecule has 0 aromatic heterocycles. The van der Waals surface area contributed by atoms with Gasteiger partial charge in [-0.2, -0.15) is 0 Å². The van der Waals surface area contributed by atoms with E-state index in [0.717, 1.165) is 0 Å². The molecule has 0 bridgehead atoms. The Hall–Kier alpha value is -0.550. The average Bonchev–Trinajstić information content (AvgIpc) is 2.33. The minimum absolute atomic E-state index is 0.0150. The van der Waals surface area contributed by atoms with Crippen LogP contribution < -0.4 is 5.32 Å². The number of aliphatic carboxylic acids is 1. The minimum Gasteiger partial charge on any atom is -0.480 e. The topological polar surface area (TPSA) is 66.4 Å². The second kappa shape index (κ2) is 3.23. The highest BCUT2D eigenvalue weighted by Crippen LogP contribution is 2.18. The van der Waals surface area contributed by atoms with Crippen LogP contribution in [0.5, 0.6) is 0 Å². The predicted molar refractivity (Wildman–Crippen MR) is 41.5 cm³/mol. The fourth-order valence-electron chi connectivity index (χ4n) is 0.849. The number of hydrogen-bond donors (Lipinski definition) is 2. The Kier molecular flexibility index (Phi) is 2.51. The van der Waals surface area contributed by atoms with Crippen LogP contribution in [0.25, 0.3) is 0 Å². The molecular formula is C6H9NO3S. The predicted octanol–water partition coefficient (Wildman–Crippen LogP) is -0.309.